The van der Waals surface area contributed by atoms with E-state index < -0.39 is 5.56 Å². The molecule has 2 N–H and O–H groups in total. The molecule has 0 aliphatic rings. The Morgan fingerprint density at radius 1 is 1.32 bits per heavy atom. The summed E-state index contributed by atoms with van der Waals surface area (Å²) < 4.78 is 0. The Balaban J connectivity index is 2.04. The quantitative estimate of drug-likeness (QED) is 0.634. The molecule has 0 fully saturated rings. The van der Waals surface area contributed by atoms with Gasteiger partial charge in [0.15, 0.2) is 0 Å². The zero-order chi connectivity index (χ0) is 15.9. The van der Waals surface area contributed by atoms with E-state index in [0.717, 1.165) is 18.7 Å². The summed E-state index contributed by atoms with van der Waals surface area (Å²) in [4.78, 5) is 13.5. The van der Waals surface area contributed by atoms with Crippen LogP contribution in [-0.2, 0) is 0 Å². The summed E-state index contributed by atoms with van der Waals surface area (Å²) in [6.45, 7) is 6.20. The minimum Gasteiger partial charge on any atom is -0.372 e. The number of halogens is 1. The number of hydrogen-bond acceptors (Lipinski definition) is 5. The number of rotatable bonds is 6. The molecule has 0 atom stereocenters. The highest BCUT2D eigenvalue weighted by Gasteiger charge is 2.03. The van der Waals surface area contributed by atoms with Gasteiger partial charge in [-0.25, -0.2) is 5.10 Å². The van der Waals surface area contributed by atoms with E-state index in [9.17, 15) is 4.79 Å². The number of nitrogens with one attached hydrogen (secondary N) is 2. The molecule has 1 aromatic heterocycles. The van der Waals surface area contributed by atoms with Crippen LogP contribution < -0.4 is 15.9 Å². The molecular weight excluding hydrogens is 302 g/mol. The van der Waals surface area contributed by atoms with Gasteiger partial charge in [-0.15, -0.1) is 0 Å². The number of benzene rings is 1. The van der Waals surface area contributed by atoms with Gasteiger partial charge in [0.05, 0.1) is 12.4 Å². The molecule has 6 nitrogen and oxygen atoms in total. The molecular formula is C15H18ClN5O. The smallest absolute Gasteiger partial charge is 0.285 e. The van der Waals surface area contributed by atoms with Crippen molar-refractivity contribution in [3.05, 3.63) is 51.4 Å². The van der Waals surface area contributed by atoms with Crippen LogP contribution in [0.2, 0.25) is 5.02 Å². The highest BCUT2D eigenvalue weighted by Crippen LogP contribution is 2.15. The van der Waals surface area contributed by atoms with Gasteiger partial charge in [-0.05, 0) is 31.5 Å². The summed E-state index contributed by atoms with van der Waals surface area (Å²) in [5.41, 5.74) is 4.74. The van der Waals surface area contributed by atoms with Gasteiger partial charge in [-0.1, -0.05) is 23.7 Å². The number of aromatic nitrogens is 2. The van der Waals surface area contributed by atoms with Crippen molar-refractivity contribution in [1.29, 1.82) is 0 Å². The molecule has 116 valence electrons. The topological polar surface area (TPSA) is 73.4 Å². The van der Waals surface area contributed by atoms with Gasteiger partial charge in [0.25, 0.3) is 5.56 Å². The molecule has 0 spiro atoms. The molecule has 1 aromatic carbocycles. The summed E-state index contributed by atoms with van der Waals surface area (Å²) in [5.74, 6) is 0. The molecule has 0 saturated carbocycles. The molecule has 1 heterocycles. The minimum atomic E-state index is -0.453. The molecule has 2 aromatic rings. The molecule has 7 heteroatoms. The summed E-state index contributed by atoms with van der Waals surface area (Å²) >= 11 is 5.84. The normalized spacial score (nSPS) is 10.9. The van der Waals surface area contributed by atoms with Crippen molar-refractivity contribution < 1.29 is 0 Å². The number of hydrogen-bond donors (Lipinski definition) is 2. The number of aromatic amines is 1. The number of anilines is 2. The van der Waals surface area contributed by atoms with Gasteiger partial charge < -0.3 is 4.90 Å². The van der Waals surface area contributed by atoms with Gasteiger partial charge >= 0.3 is 0 Å². The predicted molar refractivity (Wildman–Crippen MR) is 91.1 cm³/mol. The maximum atomic E-state index is 11.3. The van der Waals surface area contributed by atoms with Crippen molar-refractivity contribution in [2.75, 3.05) is 23.4 Å². The van der Waals surface area contributed by atoms with Gasteiger partial charge in [-0.3, -0.25) is 10.2 Å². The summed E-state index contributed by atoms with van der Waals surface area (Å²) in [7, 11) is 0. The Kier molecular flexibility index (Phi) is 5.55. The molecule has 22 heavy (non-hydrogen) atoms. The van der Waals surface area contributed by atoms with Crippen LogP contribution in [-0.4, -0.2) is 29.5 Å². The Hall–Kier alpha value is -2.34. The number of hydrazone groups is 1. The average molecular weight is 320 g/mol. The van der Waals surface area contributed by atoms with E-state index in [1.54, 1.807) is 6.21 Å². The van der Waals surface area contributed by atoms with Crippen molar-refractivity contribution in [2.45, 2.75) is 13.8 Å². The second-order valence-electron chi connectivity index (χ2n) is 4.56. The maximum Gasteiger partial charge on any atom is 0.285 e. The lowest BCUT2D eigenvalue weighted by atomic mass is 10.2. The standard InChI is InChI=1S/C15H18ClN5O/c1-3-21(4-2)12-7-5-11(6-8-12)9-17-19-13-10-18-20-15(22)14(13)16/h5-10H,3-4H2,1-2H3,(H2,19,20,22). The van der Waals surface area contributed by atoms with Crippen molar-refractivity contribution in [3.8, 4) is 0 Å². The second-order valence-corrected chi connectivity index (χ2v) is 4.94. The van der Waals surface area contributed by atoms with Crippen molar-refractivity contribution in [2.24, 2.45) is 5.10 Å². The van der Waals surface area contributed by atoms with Crippen LogP contribution in [0.25, 0.3) is 0 Å². The van der Waals surface area contributed by atoms with E-state index in [1.807, 2.05) is 12.1 Å². The first-order chi connectivity index (χ1) is 10.7. The molecule has 0 radical (unpaired) electrons. The molecule has 0 saturated heterocycles. The van der Waals surface area contributed by atoms with Gasteiger partial charge in [0.2, 0.25) is 0 Å². The van der Waals surface area contributed by atoms with E-state index >= 15 is 0 Å². The van der Waals surface area contributed by atoms with E-state index in [1.165, 1.54) is 11.9 Å². The van der Waals surface area contributed by atoms with Crippen LogP contribution in [0.4, 0.5) is 11.4 Å². The van der Waals surface area contributed by atoms with E-state index in [0.29, 0.717) is 5.69 Å². The third-order valence-electron chi connectivity index (χ3n) is 3.22. The lowest BCUT2D eigenvalue weighted by Gasteiger charge is -2.20. The fraction of sp³-hybridized carbons (Fsp3) is 0.267. The van der Waals surface area contributed by atoms with Crippen LogP contribution >= 0.6 is 11.6 Å². The van der Waals surface area contributed by atoms with E-state index in [4.69, 9.17) is 11.6 Å². The Bertz CT molecular complexity index is 692. The van der Waals surface area contributed by atoms with Gasteiger partial charge in [0, 0.05) is 18.8 Å². The van der Waals surface area contributed by atoms with E-state index in [-0.39, 0.29) is 5.02 Å². The van der Waals surface area contributed by atoms with Crippen LogP contribution in [0, 0.1) is 0 Å². The molecule has 0 bridgehead atoms. The first-order valence-corrected chi connectivity index (χ1v) is 7.40. The number of H-pyrrole nitrogens is 1. The Morgan fingerprint density at radius 2 is 2.00 bits per heavy atom. The number of nitrogens with zero attached hydrogens (tertiary/aromatic N) is 3. The predicted octanol–water partition coefficient (Wildman–Crippen LogP) is 2.72. The third-order valence-corrected chi connectivity index (χ3v) is 3.59. The highest BCUT2D eigenvalue weighted by atomic mass is 35.5. The fourth-order valence-corrected chi connectivity index (χ4v) is 2.13. The maximum absolute atomic E-state index is 11.3. The average Bonchev–Trinajstić information content (AvgIpc) is 2.54. The zero-order valence-electron chi connectivity index (χ0n) is 12.5. The lowest BCUT2D eigenvalue weighted by molar-refractivity contribution is 0.866. The Labute approximate surface area is 133 Å². The molecule has 0 unspecified atom stereocenters. The van der Waals surface area contributed by atoms with Crippen LogP contribution in [0.15, 0.2) is 40.4 Å². The van der Waals surface area contributed by atoms with Crippen LogP contribution in [0.1, 0.15) is 19.4 Å². The molecule has 0 aliphatic carbocycles. The van der Waals surface area contributed by atoms with Crippen molar-refractivity contribution >= 4 is 29.2 Å². The highest BCUT2D eigenvalue weighted by molar-refractivity contribution is 6.32. The minimum absolute atomic E-state index is 0.0315. The fourth-order valence-electron chi connectivity index (χ4n) is 2.00. The van der Waals surface area contributed by atoms with Crippen molar-refractivity contribution in [3.63, 3.8) is 0 Å². The summed E-state index contributed by atoms with van der Waals surface area (Å²) in [5, 5.41) is 9.99. The van der Waals surface area contributed by atoms with Crippen LogP contribution in [0.5, 0.6) is 0 Å². The SMILES string of the molecule is CCN(CC)c1ccc(C=NNc2cn[nH]c(=O)c2Cl)cc1. The Morgan fingerprint density at radius 3 is 2.64 bits per heavy atom. The largest absolute Gasteiger partial charge is 0.372 e. The molecule has 0 amide bonds. The zero-order valence-corrected chi connectivity index (χ0v) is 13.3. The summed E-state index contributed by atoms with van der Waals surface area (Å²) in [6, 6.07) is 8.07. The van der Waals surface area contributed by atoms with Gasteiger partial charge in [0.1, 0.15) is 10.7 Å². The molecule has 2 rings (SSSR count). The lowest BCUT2D eigenvalue weighted by Crippen LogP contribution is -2.21. The van der Waals surface area contributed by atoms with Crippen molar-refractivity contribution in [1.82, 2.24) is 10.2 Å². The van der Waals surface area contributed by atoms with E-state index in [2.05, 4.69) is 51.6 Å². The first-order valence-electron chi connectivity index (χ1n) is 7.03. The van der Waals surface area contributed by atoms with Gasteiger partial charge in [-0.2, -0.15) is 10.2 Å². The first kappa shape index (κ1) is 16.0. The third kappa shape index (κ3) is 3.85. The van der Waals surface area contributed by atoms with Crippen LogP contribution in [0.3, 0.4) is 0 Å². The monoisotopic (exact) mass is 319 g/mol. The second kappa shape index (κ2) is 7.61. The summed E-state index contributed by atoms with van der Waals surface area (Å²) in [6.07, 6.45) is 3.06. The molecule has 0 aliphatic heterocycles.